The SMILES string of the molecule is Cn1c(=O)c2ccc(F)cc2n2nc(-c3ccnc(C4CC4)c3)cc12. The topological polar surface area (TPSA) is 52.2 Å². The Hall–Kier alpha value is -3.02. The van der Waals surface area contributed by atoms with Crippen LogP contribution in [-0.4, -0.2) is 19.2 Å². The van der Waals surface area contributed by atoms with Crippen LogP contribution in [0.25, 0.3) is 27.8 Å². The number of benzene rings is 1. The maximum absolute atomic E-state index is 13.7. The minimum absolute atomic E-state index is 0.164. The van der Waals surface area contributed by atoms with Crippen molar-refractivity contribution in [3.8, 4) is 11.3 Å². The summed E-state index contributed by atoms with van der Waals surface area (Å²) >= 11 is 0. The van der Waals surface area contributed by atoms with E-state index in [0.717, 1.165) is 17.0 Å². The Morgan fingerprint density at radius 2 is 2.00 bits per heavy atom. The van der Waals surface area contributed by atoms with E-state index in [1.807, 2.05) is 12.1 Å². The van der Waals surface area contributed by atoms with Crippen LogP contribution in [0.1, 0.15) is 24.5 Å². The number of hydrogen-bond donors (Lipinski definition) is 0. The molecule has 0 spiro atoms. The summed E-state index contributed by atoms with van der Waals surface area (Å²) < 4.78 is 16.9. The van der Waals surface area contributed by atoms with Crippen LogP contribution in [0.2, 0.25) is 0 Å². The molecule has 5 nitrogen and oxygen atoms in total. The molecular formula is C19H15FN4O. The number of fused-ring (bicyclic) bond motifs is 3. The van der Waals surface area contributed by atoms with Crippen molar-refractivity contribution >= 4 is 16.6 Å². The molecule has 0 N–H and O–H groups in total. The van der Waals surface area contributed by atoms with Gasteiger partial charge in [-0.1, -0.05) is 0 Å². The van der Waals surface area contributed by atoms with Gasteiger partial charge in [-0.05, 0) is 37.1 Å². The summed E-state index contributed by atoms with van der Waals surface area (Å²) in [5.41, 5.74) is 3.72. The average molecular weight is 334 g/mol. The highest BCUT2D eigenvalue weighted by molar-refractivity contribution is 5.81. The lowest BCUT2D eigenvalue weighted by Gasteiger charge is -2.05. The van der Waals surface area contributed by atoms with Gasteiger partial charge in [-0.15, -0.1) is 0 Å². The molecule has 0 bridgehead atoms. The molecule has 3 aromatic heterocycles. The normalized spacial score (nSPS) is 14.5. The Morgan fingerprint density at radius 3 is 2.80 bits per heavy atom. The van der Waals surface area contributed by atoms with Gasteiger partial charge in [0.15, 0.2) is 0 Å². The predicted molar refractivity (Wildman–Crippen MR) is 93.1 cm³/mol. The van der Waals surface area contributed by atoms with Crippen LogP contribution in [0.3, 0.4) is 0 Å². The first-order valence-electron chi connectivity index (χ1n) is 8.26. The van der Waals surface area contributed by atoms with Crippen molar-refractivity contribution in [1.29, 1.82) is 0 Å². The zero-order chi connectivity index (χ0) is 17.1. The van der Waals surface area contributed by atoms with Gasteiger partial charge in [0.2, 0.25) is 0 Å². The van der Waals surface area contributed by atoms with Crippen LogP contribution in [0.15, 0.2) is 47.4 Å². The van der Waals surface area contributed by atoms with Gasteiger partial charge < -0.3 is 0 Å². The number of aryl methyl sites for hydroxylation is 1. The molecule has 0 saturated heterocycles. The third kappa shape index (κ3) is 2.17. The van der Waals surface area contributed by atoms with E-state index >= 15 is 0 Å². The van der Waals surface area contributed by atoms with Crippen LogP contribution >= 0.6 is 0 Å². The summed E-state index contributed by atoms with van der Waals surface area (Å²) in [6, 6.07) is 9.98. The maximum Gasteiger partial charge on any atom is 0.261 e. The summed E-state index contributed by atoms with van der Waals surface area (Å²) in [6.45, 7) is 0. The van der Waals surface area contributed by atoms with Crippen LogP contribution in [-0.2, 0) is 7.05 Å². The van der Waals surface area contributed by atoms with Crippen molar-refractivity contribution in [2.75, 3.05) is 0 Å². The van der Waals surface area contributed by atoms with Gasteiger partial charge >= 0.3 is 0 Å². The number of nitrogens with zero attached hydrogens (tertiary/aromatic N) is 4. The Kier molecular flexibility index (Phi) is 2.86. The van der Waals surface area contributed by atoms with Crippen molar-refractivity contribution in [1.82, 2.24) is 19.2 Å². The molecule has 1 saturated carbocycles. The zero-order valence-electron chi connectivity index (χ0n) is 13.6. The molecular weight excluding hydrogens is 319 g/mol. The molecule has 1 aliphatic carbocycles. The molecule has 0 unspecified atom stereocenters. The molecule has 5 rings (SSSR count). The highest BCUT2D eigenvalue weighted by atomic mass is 19.1. The molecule has 0 amide bonds. The average Bonchev–Trinajstić information content (AvgIpc) is 3.38. The fourth-order valence-corrected chi connectivity index (χ4v) is 3.28. The summed E-state index contributed by atoms with van der Waals surface area (Å²) in [6.07, 6.45) is 4.16. The van der Waals surface area contributed by atoms with Crippen molar-refractivity contribution in [2.24, 2.45) is 7.05 Å². The quantitative estimate of drug-likeness (QED) is 0.565. The molecule has 25 heavy (non-hydrogen) atoms. The summed E-state index contributed by atoms with van der Waals surface area (Å²) in [5, 5.41) is 5.08. The molecule has 1 fully saturated rings. The van der Waals surface area contributed by atoms with Gasteiger partial charge in [-0.25, -0.2) is 8.91 Å². The van der Waals surface area contributed by atoms with E-state index in [9.17, 15) is 9.18 Å². The minimum atomic E-state index is -0.390. The van der Waals surface area contributed by atoms with Crippen LogP contribution in [0.5, 0.6) is 0 Å². The third-order valence-corrected chi connectivity index (χ3v) is 4.83. The lowest BCUT2D eigenvalue weighted by atomic mass is 10.1. The molecule has 124 valence electrons. The largest absolute Gasteiger partial charge is 0.296 e. The molecule has 4 aromatic rings. The molecule has 3 heterocycles. The van der Waals surface area contributed by atoms with Crippen molar-refractivity contribution in [3.05, 3.63) is 64.5 Å². The van der Waals surface area contributed by atoms with Gasteiger partial charge in [0.25, 0.3) is 5.56 Å². The molecule has 1 aromatic carbocycles. The lowest BCUT2D eigenvalue weighted by Crippen LogP contribution is -2.19. The number of hydrogen-bond acceptors (Lipinski definition) is 3. The summed E-state index contributed by atoms with van der Waals surface area (Å²) in [4.78, 5) is 17.0. The molecule has 0 atom stereocenters. The van der Waals surface area contributed by atoms with E-state index in [0.29, 0.717) is 22.5 Å². The Labute approximate surface area is 142 Å². The van der Waals surface area contributed by atoms with Gasteiger partial charge in [-0.3, -0.25) is 14.3 Å². The summed E-state index contributed by atoms with van der Waals surface area (Å²) in [7, 11) is 1.70. The second kappa shape index (κ2) is 4.99. The first-order valence-corrected chi connectivity index (χ1v) is 8.26. The third-order valence-electron chi connectivity index (χ3n) is 4.83. The predicted octanol–water partition coefficient (Wildman–Crippen LogP) is 3.26. The van der Waals surface area contributed by atoms with Gasteiger partial charge in [-0.2, -0.15) is 5.10 Å². The summed E-state index contributed by atoms with van der Waals surface area (Å²) in [5.74, 6) is 0.162. The number of pyridine rings is 1. The van der Waals surface area contributed by atoms with E-state index in [2.05, 4.69) is 16.1 Å². The highest BCUT2D eigenvalue weighted by Gasteiger charge is 2.25. The standard InChI is InChI=1S/C19H15FN4O/c1-23-18-10-16(12-6-7-21-15(8-12)11-2-3-11)22-24(18)17-9-13(20)4-5-14(17)19(23)25/h4-11H,2-3H2,1H3. The molecule has 0 radical (unpaired) electrons. The first kappa shape index (κ1) is 14.3. The lowest BCUT2D eigenvalue weighted by molar-refractivity contribution is 0.628. The van der Waals surface area contributed by atoms with E-state index in [1.165, 1.54) is 31.0 Å². The minimum Gasteiger partial charge on any atom is -0.296 e. The van der Waals surface area contributed by atoms with Crippen molar-refractivity contribution in [2.45, 2.75) is 18.8 Å². The van der Waals surface area contributed by atoms with E-state index in [-0.39, 0.29) is 11.4 Å². The van der Waals surface area contributed by atoms with Gasteiger partial charge in [0, 0.05) is 42.6 Å². The molecule has 6 heteroatoms. The van der Waals surface area contributed by atoms with Crippen LogP contribution < -0.4 is 5.56 Å². The fraction of sp³-hybridized carbons (Fsp3) is 0.211. The first-order chi connectivity index (χ1) is 12.1. The van der Waals surface area contributed by atoms with Crippen molar-refractivity contribution < 1.29 is 4.39 Å². The van der Waals surface area contributed by atoms with E-state index in [1.54, 1.807) is 22.3 Å². The van der Waals surface area contributed by atoms with E-state index < -0.39 is 0 Å². The maximum atomic E-state index is 13.7. The zero-order valence-corrected chi connectivity index (χ0v) is 13.6. The fourth-order valence-electron chi connectivity index (χ4n) is 3.28. The monoisotopic (exact) mass is 334 g/mol. The van der Waals surface area contributed by atoms with Gasteiger partial charge in [0.1, 0.15) is 11.5 Å². The van der Waals surface area contributed by atoms with Crippen molar-refractivity contribution in [3.63, 3.8) is 0 Å². The Bertz CT molecular complexity index is 1200. The molecule has 0 aliphatic heterocycles. The van der Waals surface area contributed by atoms with Crippen LogP contribution in [0.4, 0.5) is 4.39 Å². The highest BCUT2D eigenvalue weighted by Crippen LogP contribution is 2.39. The Morgan fingerprint density at radius 1 is 1.16 bits per heavy atom. The number of aromatic nitrogens is 4. The second-order valence-corrected chi connectivity index (χ2v) is 6.57. The van der Waals surface area contributed by atoms with E-state index in [4.69, 9.17) is 0 Å². The molecule has 1 aliphatic rings. The number of rotatable bonds is 2. The second-order valence-electron chi connectivity index (χ2n) is 6.57. The van der Waals surface area contributed by atoms with Gasteiger partial charge in [0.05, 0.1) is 16.6 Å². The number of halogens is 1. The van der Waals surface area contributed by atoms with Crippen LogP contribution in [0, 0.1) is 5.82 Å². The smallest absolute Gasteiger partial charge is 0.261 e. The Balaban J connectivity index is 1.80.